The number of thiazole rings is 1. The predicted molar refractivity (Wildman–Crippen MR) is 62.3 cm³/mol. The van der Waals surface area contributed by atoms with E-state index in [1.807, 2.05) is 0 Å². The van der Waals surface area contributed by atoms with Crippen molar-refractivity contribution in [3.8, 4) is 0 Å². The van der Waals surface area contributed by atoms with E-state index in [4.69, 9.17) is 0 Å². The van der Waals surface area contributed by atoms with E-state index in [9.17, 15) is 13.2 Å². The molecule has 0 radical (unpaired) electrons. The molecule has 2 rings (SSSR count). The number of hydrogen-bond acceptors (Lipinski definition) is 5. The van der Waals surface area contributed by atoms with Crippen LogP contribution in [0.15, 0.2) is 21.4 Å². The van der Waals surface area contributed by atoms with E-state index in [1.54, 1.807) is 12.3 Å². The molecule has 0 saturated heterocycles. The van der Waals surface area contributed by atoms with Gasteiger partial charge in [-0.15, -0.1) is 0 Å². The lowest BCUT2D eigenvalue weighted by atomic mass is 10.5. The van der Waals surface area contributed by atoms with Crippen LogP contribution in [0.5, 0.6) is 0 Å². The third-order valence-electron chi connectivity index (χ3n) is 1.99. The zero-order chi connectivity index (χ0) is 12.5. The van der Waals surface area contributed by atoms with E-state index >= 15 is 0 Å². The predicted octanol–water partition coefficient (Wildman–Crippen LogP) is -0.0536. The van der Waals surface area contributed by atoms with Gasteiger partial charge in [0.2, 0.25) is 0 Å². The van der Waals surface area contributed by atoms with Gasteiger partial charge in [0.15, 0.2) is 5.03 Å². The van der Waals surface area contributed by atoms with Gasteiger partial charge in [0, 0.05) is 11.1 Å². The molecule has 9 heteroatoms. The zero-order valence-electron chi connectivity index (χ0n) is 8.85. The lowest BCUT2D eigenvalue weighted by Crippen LogP contribution is -2.24. The molecule has 0 aliphatic rings. The second-order valence-corrected chi connectivity index (χ2v) is 5.91. The van der Waals surface area contributed by atoms with Crippen molar-refractivity contribution in [1.29, 1.82) is 0 Å². The molecule has 2 aromatic rings. The summed E-state index contributed by atoms with van der Waals surface area (Å²) in [6, 6.07) is 0. The van der Waals surface area contributed by atoms with Gasteiger partial charge in [0.1, 0.15) is 5.82 Å². The Morgan fingerprint density at radius 1 is 1.47 bits per heavy atom. The maximum atomic E-state index is 11.8. The van der Waals surface area contributed by atoms with Crippen LogP contribution in [-0.4, -0.2) is 23.4 Å². The summed E-state index contributed by atoms with van der Waals surface area (Å²) in [6.07, 6.45) is 1.24. The molecule has 3 N–H and O–H groups in total. The Hall–Kier alpha value is -1.45. The molecule has 0 saturated carbocycles. The first-order valence-electron chi connectivity index (χ1n) is 4.65. The number of aromatic amines is 2. The van der Waals surface area contributed by atoms with Gasteiger partial charge >= 0.3 is 4.87 Å². The zero-order valence-corrected chi connectivity index (χ0v) is 10.5. The normalized spacial score (nSPS) is 11.8. The minimum Gasteiger partial charge on any atom is -0.332 e. The molecule has 0 spiro atoms. The average molecular weight is 274 g/mol. The summed E-state index contributed by atoms with van der Waals surface area (Å²) in [5, 5.41) is 1.58. The summed E-state index contributed by atoms with van der Waals surface area (Å²) in [7, 11) is -3.61. The summed E-state index contributed by atoms with van der Waals surface area (Å²) in [6.45, 7) is 1.70. The van der Waals surface area contributed by atoms with Gasteiger partial charge in [-0.25, -0.2) is 18.1 Å². The van der Waals surface area contributed by atoms with Crippen molar-refractivity contribution in [2.24, 2.45) is 0 Å². The molecular formula is C8H10N4O3S2. The largest absolute Gasteiger partial charge is 0.332 e. The molecule has 7 nitrogen and oxygen atoms in total. The monoisotopic (exact) mass is 274 g/mol. The van der Waals surface area contributed by atoms with E-state index in [0.29, 0.717) is 11.5 Å². The first kappa shape index (κ1) is 12.0. The fourth-order valence-corrected chi connectivity index (χ4v) is 2.74. The summed E-state index contributed by atoms with van der Waals surface area (Å²) in [5.41, 5.74) is 0.528. The van der Waals surface area contributed by atoms with Gasteiger partial charge < -0.3 is 9.97 Å². The number of aromatic nitrogens is 3. The number of imidazole rings is 1. The van der Waals surface area contributed by atoms with E-state index < -0.39 is 10.0 Å². The van der Waals surface area contributed by atoms with Gasteiger partial charge in [-0.05, 0) is 6.92 Å². The van der Waals surface area contributed by atoms with E-state index in [-0.39, 0.29) is 16.4 Å². The highest BCUT2D eigenvalue weighted by molar-refractivity contribution is 7.89. The smallest absolute Gasteiger partial charge is 0.304 e. The third-order valence-corrected chi connectivity index (χ3v) is 4.02. The van der Waals surface area contributed by atoms with E-state index in [1.165, 1.54) is 6.20 Å². The molecule has 0 aliphatic carbocycles. The Morgan fingerprint density at radius 3 is 2.76 bits per heavy atom. The van der Waals surface area contributed by atoms with Crippen molar-refractivity contribution >= 4 is 21.4 Å². The third kappa shape index (κ3) is 2.81. The van der Waals surface area contributed by atoms with Crippen LogP contribution in [0.1, 0.15) is 11.5 Å². The molecule has 0 bridgehead atoms. The van der Waals surface area contributed by atoms with Crippen molar-refractivity contribution in [2.45, 2.75) is 18.5 Å². The maximum Gasteiger partial charge on any atom is 0.304 e. The average Bonchev–Trinajstić information content (AvgIpc) is 2.85. The van der Waals surface area contributed by atoms with Crippen LogP contribution >= 0.6 is 11.3 Å². The number of aryl methyl sites for hydroxylation is 1. The molecule has 0 atom stereocenters. The lowest BCUT2D eigenvalue weighted by molar-refractivity contribution is 0.577. The topological polar surface area (TPSA) is 108 Å². The minimum absolute atomic E-state index is 0.00702. The second kappa shape index (κ2) is 4.43. The Kier molecular flexibility index (Phi) is 3.13. The van der Waals surface area contributed by atoms with Crippen LogP contribution in [0.3, 0.4) is 0 Å². The van der Waals surface area contributed by atoms with Crippen molar-refractivity contribution in [1.82, 2.24) is 19.7 Å². The van der Waals surface area contributed by atoms with E-state index in [2.05, 4.69) is 19.7 Å². The molecule has 17 heavy (non-hydrogen) atoms. The number of nitrogens with one attached hydrogen (secondary N) is 3. The van der Waals surface area contributed by atoms with Crippen LogP contribution in [0.2, 0.25) is 0 Å². The van der Waals surface area contributed by atoms with Crippen molar-refractivity contribution in [2.75, 3.05) is 0 Å². The quantitative estimate of drug-likeness (QED) is 0.726. The minimum atomic E-state index is -3.61. The fraction of sp³-hybridized carbons (Fsp3) is 0.250. The standard InChI is InChI=1S/C8H10N4O3S2/c1-5-9-3-7(11-5)17(14,15)10-2-6-4-16-8(13)12-6/h3-4,10H,2H2,1H3,(H,9,11)(H,12,13). The maximum absolute atomic E-state index is 11.8. The molecule has 2 aromatic heterocycles. The highest BCUT2D eigenvalue weighted by Gasteiger charge is 2.16. The molecule has 0 amide bonds. The highest BCUT2D eigenvalue weighted by atomic mass is 32.2. The number of H-pyrrole nitrogens is 2. The van der Waals surface area contributed by atoms with Gasteiger partial charge in [0.25, 0.3) is 10.0 Å². The molecule has 0 aromatic carbocycles. The van der Waals surface area contributed by atoms with Gasteiger partial charge in [-0.3, -0.25) is 4.79 Å². The molecule has 92 valence electrons. The molecule has 0 aliphatic heterocycles. The fourth-order valence-electron chi connectivity index (χ4n) is 1.19. The number of hydrogen-bond donors (Lipinski definition) is 3. The lowest BCUT2D eigenvalue weighted by Gasteiger charge is -2.02. The Balaban J connectivity index is 2.11. The van der Waals surface area contributed by atoms with Crippen LogP contribution < -0.4 is 9.60 Å². The van der Waals surface area contributed by atoms with Crippen LogP contribution in [-0.2, 0) is 16.6 Å². The number of rotatable bonds is 4. The highest BCUT2D eigenvalue weighted by Crippen LogP contribution is 2.05. The van der Waals surface area contributed by atoms with Crippen LogP contribution in [0, 0.1) is 6.92 Å². The SMILES string of the molecule is Cc1ncc(S(=O)(=O)NCc2csc(=O)[nH]2)[nH]1. The van der Waals surface area contributed by atoms with Gasteiger partial charge in [-0.1, -0.05) is 11.3 Å². The Labute approximate surface area is 101 Å². The summed E-state index contributed by atoms with van der Waals surface area (Å²) in [4.78, 5) is 19.6. The first-order chi connectivity index (χ1) is 7.97. The molecule has 2 heterocycles. The Bertz CT molecular complexity index is 667. The van der Waals surface area contributed by atoms with Crippen LogP contribution in [0.25, 0.3) is 0 Å². The van der Waals surface area contributed by atoms with Crippen molar-refractivity contribution < 1.29 is 8.42 Å². The first-order valence-corrected chi connectivity index (χ1v) is 7.01. The molecule has 0 fully saturated rings. The van der Waals surface area contributed by atoms with Gasteiger partial charge in [0.05, 0.1) is 12.7 Å². The van der Waals surface area contributed by atoms with Crippen molar-refractivity contribution in [3.05, 3.63) is 32.8 Å². The number of nitrogens with zero attached hydrogens (tertiary/aromatic N) is 1. The Morgan fingerprint density at radius 2 is 2.24 bits per heavy atom. The van der Waals surface area contributed by atoms with Crippen LogP contribution in [0.4, 0.5) is 0 Å². The summed E-state index contributed by atoms with van der Waals surface area (Å²) < 4.78 is 25.9. The summed E-state index contributed by atoms with van der Waals surface area (Å²) in [5.74, 6) is 0.523. The number of sulfonamides is 1. The van der Waals surface area contributed by atoms with Crippen molar-refractivity contribution in [3.63, 3.8) is 0 Å². The van der Waals surface area contributed by atoms with E-state index in [0.717, 1.165) is 11.3 Å². The van der Waals surface area contributed by atoms with Gasteiger partial charge in [-0.2, -0.15) is 0 Å². The second-order valence-electron chi connectivity index (χ2n) is 3.33. The molecule has 0 unspecified atom stereocenters. The summed E-state index contributed by atoms with van der Waals surface area (Å²) >= 11 is 0.989. The molecular weight excluding hydrogens is 264 g/mol.